The van der Waals surface area contributed by atoms with Gasteiger partial charge in [-0.25, -0.2) is 0 Å². The lowest BCUT2D eigenvalue weighted by Crippen LogP contribution is -3.07. The van der Waals surface area contributed by atoms with Crippen LogP contribution in [0.5, 0.6) is 11.5 Å². The molecule has 0 amide bonds. The van der Waals surface area contributed by atoms with Gasteiger partial charge in [-0.3, -0.25) is 0 Å². The molecule has 0 heterocycles. The molecule has 124 valence electrons. The molecule has 3 heteroatoms. The minimum absolute atomic E-state index is 0.681. The van der Waals surface area contributed by atoms with Gasteiger partial charge in [0, 0.05) is 11.6 Å². The molecule has 0 bridgehead atoms. The highest BCUT2D eigenvalue weighted by atomic mass is 16.5. The molecule has 0 spiro atoms. The summed E-state index contributed by atoms with van der Waals surface area (Å²) >= 11 is 0. The van der Waals surface area contributed by atoms with Gasteiger partial charge in [0.05, 0.1) is 26.8 Å². The van der Waals surface area contributed by atoms with Crippen molar-refractivity contribution in [2.45, 2.75) is 26.3 Å². The van der Waals surface area contributed by atoms with Gasteiger partial charge in [-0.2, -0.15) is 0 Å². The van der Waals surface area contributed by atoms with Crippen LogP contribution in [-0.2, 0) is 6.54 Å². The van der Waals surface area contributed by atoms with Crippen molar-refractivity contribution < 1.29 is 14.4 Å². The first-order valence-corrected chi connectivity index (χ1v) is 8.49. The lowest BCUT2D eigenvalue weighted by atomic mass is 10.2. The number of nitrogens with one attached hydrogen (secondary N) is 1. The van der Waals surface area contributed by atoms with Crippen LogP contribution < -0.4 is 14.4 Å². The average molecular weight is 314 g/mol. The van der Waals surface area contributed by atoms with E-state index < -0.39 is 0 Å². The van der Waals surface area contributed by atoms with Crippen LogP contribution >= 0.6 is 0 Å². The predicted molar refractivity (Wildman–Crippen MR) is 94.2 cm³/mol. The Morgan fingerprint density at radius 3 is 2.35 bits per heavy atom. The first-order chi connectivity index (χ1) is 11.3. The highest BCUT2D eigenvalue weighted by molar-refractivity contribution is 5.32. The fraction of sp³-hybridized carbons (Fsp3) is 0.400. The molecule has 1 unspecified atom stereocenters. The SMILES string of the molecule is CCOc1cccc(OCCCC[NH+](C)Cc2ccccc2)c1. The minimum atomic E-state index is 0.681. The van der Waals surface area contributed by atoms with Gasteiger partial charge in [0.15, 0.2) is 0 Å². The zero-order valence-corrected chi connectivity index (χ0v) is 14.3. The molecule has 0 saturated carbocycles. The first kappa shape index (κ1) is 17.4. The second-order valence-electron chi connectivity index (χ2n) is 5.83. The van der Waals surface area contributed by atoms with Gasteiger partial charge in [0.2, 0.25) is 0 Å². The van der Waals surface area contributed by atoms with Gasteiger partial charge in [0.25, 0.3) is 0 Å². The van der Waals surface area contributed by atoms with Crippen LogP contribution in [-0.4, -0.2) is 26.8 Å². The molecule has 0 fully saturated rings. The summed E-state index contributed by atoms with van der Waals surface area (Å²) in [5, 5.41) is 0. The van der Waals surface area contributed by atoms with Crippen LogP contribution in [0.1, 0.15) is 25.3 Å². The van der Waals surface area contributed by atoms with Crippen molar-refractivity contribution in [3.8, 4) is 11.5 Å². The molecule has 1 atom stereocenters. The molecule has 3 nitrogen and oxygen atoms in total. The molecule has 0 aliphatic carbocycles. The number of benzene rings is 2. The zero-order valence-electron chi connectivity index (χ0n) is 14.3. The van der Waals surface area contributed by atoms with Gasteiger partial charge in [-0.05, 0) is 31.9 Å². The monoisotopic (exact) mass is 314 g/mol. The van der Waals surface area contributed by atoms with Gasteiger partial charge >= 0.3 is 0 Å². The Bertz CT molecular complexity index is 557. The zero-order chi connectivity index (χ0) is 16.3. The summed E-state index contributed by atoms with van der Waals surface area (Å²) in [7, 11) is 2.25. The summed E-state index contributed by atoms with van der Waals surface area (Å²) in [5.41, 5.74) is 1.40. The Kier molecular flexibility index (Phi) is 7.47. The van der Waals surface area contributed by atoms with Gasteiger partial charge in [-0.15, -0.1) is 0 Å². The van der Waals surface area contributed by atoms with Crippen LogP contribution in [0.15, 0.2) is 54.6 Å². The van der Waals surface area contributed by atoms with Gasteiger partial charge in [0.1, 0.15) is 18.0 Å². The Morgan fingerprint density at radius 2 is 1.61 bits per heavy atom. The minimum Gasteiger partial charge on any atom is -0.494 e. The van der Waals surface area contributed by atoms with E-state index in [0.717, 1.165) is 37.6 Å². The van der Waals surface area contributed by atoms with E-state index in [-0.39, 0.29) is 0 Å². The second kappa shape index (κ2) is 9.90. The molecule has 1 N–H and O–H groups in total. The molecule has 2 aromatic carbocycles. The highest BCUT2D eigenvalue weighted by Crippen LogP contribution is 2.19. The van der Waals surface area contributed by atoms with Crippen molar-refractivity contribution in [2.75, 3.05) is 26.8 Å². The first-order valence-electron chi connectivity index (χ1n) is 8.49. The van der Waals surface area contributed by atoms with E-state index in [9.17, 15) is 0 Å². The number of ether oxygens (including phenoxy) is 2. The average Bonchev–Trinajstić information content (AvgIpc) is 2.56. The van der Waals surface area contributed by atoms with Crippen molar-refractivity contribution in [3.05, 3.63) is 60.2 Å². The molecule has 2 rings (SSSR count). The Labute approximate surface area is 139 Å². The maximum Gasteiger partial charge on any atom is 0.122 e. The van der Waals surface area contributed by atoms with E-state index in [2.05, 4.69) is 37.4 Å². The van der Waals surface area contributed by atoms with Crippen molar-refractivity contribution in [3.63, 3.8) is 0 Å². The molecular formula is C20H28NO2+. The summed E-state index contributed by atoms with van der Waals surface area (Å²) in [6.45, 7) is 5.67. The normalized spacial score (nSPS) is 11.9. The van der Waals surface area contributed by atoms with E-state index in [0.29, 0.717) is 6.61 Å². The number of rotatable bonds is 10. The molecule has 2 aromatic rings. The van der Waals surface area contributed by atoms with Crippen LogP contribution in [0.25, 0.3) is 0 Å². The number of unbranched alkanes of at least 4 members (excludes halogenated alkanes) is 1. The van der Waals surface area contributed by atoms with Crippen LogP contribution in [0, 0.1) is 0 Å². The van der Waals surface area contributed by atoms with Crippen molar-refractivity contribution in [1.82, 2.24) is 0 Å². The molecule has 0 radical (unpaired) electrons. The topological polar surface area (TPSA) is 22.9 Å². The van der Waals surface area contributed by atoms with Crippen molar-refractivity contribution in [2.24, 2.45) is 0 Å². The van der Waals surface area contributed by atoms with Gasteiger partial charge < -0.3 is 14.4 Å². The summed E-state index contributed by atoms with van der Waals surface area (Å²) in [6, 6.07) is 18.5. The quantitative estimate of drug-likeness (QED) is 0.681. The largest absolute Gasteiger partial charge is 0.494 e. The summed E-state index contributed by atoms with van der Waals surface area (Å²) in [4.78, 5) is 1.54. The summed E-state index contributed by atoms with van der Waals surface area (Å²) in [6.07, 6.45) is 2.24. The molecule has 0 aromatic heterocycles. The second-order valence-corrected chi connectivity index (χ2v) is 5.83. The Morgan fingerprint density at radius 1 is 0.870 bits per heavy atom. The fourth-order valence-electron chi connectivity index (χ4n) is 2.57. The predicted octanol–water partition coefficient (Wildman–Crippen LogP) is 2.96. The van der Waals surface area contributed by atoms with Gasteiger partial charge in [-0.1, -0.05) is 36.4 Å². The Balaban J connectivity index is 1.61. The third kappa shape index (κ3) is 6.74. The molecule has 0 saturated heterocycles. The molecule has 0 aliphatic rings. The van der Waals surface area contributed by atoms with Crippen molar-refractivity contribution in [1.29, 1.82) is 0 Å². The lowest BCUT2D eigenvalue weighted by molar-refractivity contribution is -0.894. The number of hydrogen-bond acceptors (Lipinski definition) is 2. The van der Waals surface area contributed by atoms with E-state index >= 15 is 0 Å². The summed E-state index contributed by atoms with van der Waals surface area (Å²) < 4.78 is 11.3. The van der Waals surface area contributed by atoms with E-state index in [1.165, 1.54) is 16.9 Å². The van der Waals surface area contributed by atoms with E-state index in [1.54, 1.807) is 0 Å². The molecule has 0 aliphatic heterocycles. The maximum atomic E-state index is 5.80. The Hall–Kier alpha value is -2.00. The van der Waals surface area contributed by atoms with E-state index in [4.69, 9.17) is 9.47 Å². The number of quaternary nitrogens is 1. The van der Waals surface area contributed by atoms with Crippen LogP contribution in [0.4, 0.5) is 0 Å². The van der Waals surface area contributed by atoms with Crippen LogP contribution in [0.3, 0.4) is 0 Å². The van der Waals surface area contributed by atoms with Crippen LogP contribution in [0.2, 0.25) is 0 Å². The third-order valence-electron chi connectivity index (χ3n) is 3.73. The molecular weight excluding hydrogens is 286 g/mol. The molecule has 23 heavy (non-hydrogen) atoms. The fourth-order valence-corrected chi connectivity index (χ4v) is 2.57. The lowest BCUT2D eigenvalue weighted by Gasteiger charge is -2.14. The maximum absolute atomic E-state index is 5.80. The standard InChI is InChI=1S/C20H27NO2/c1-3-22-19-12-9-13-20(16-19)23-15-8-7-14-21(2)17-18-10-5-4-6-11-18/h4-6,9-13,16H,3,7-8,14-15,17H2,1-2H3/p+1. The van der Waals surface area contributed by atoms with E-state index in [1.807, 2.05) is 31.2 Å². The highest BCUT2D eigenvalue weighted by Gasteiger charge is 2.03. The summed E-state index contributed by atoms with van der Waals surface area (Å²) in [5.74, 6) is 1.76. The third-order valence-corrected chi connectivity index (χ3v) is 3.73. The number of hydrogen-bond donors (Lipinski definition) is 1. The van der Waals surface area contributed by atoms with Crippen molar-refractivity contribution >= 4 is 0 Å². The smallest absolute Gasteiger partial charge is 0.122 e.